The fourth-order valence-electron chi connectivity index (χ4n) is 3.04. The van der Waals surface area contributed by atoms with Crippen molar-refractivity contribution in [1.82, 2.24) is 15.0 Å². The number of piperidine rings is 1. The fourth-order valence-corrected chi connectivity index (χ4v) is 3.04. The van der Waals surface area contributed by atoms with E-state index >= 15 is 0 Å². The third-order valence-electron chi connectivity index (χ3n) is 4.24. The number of aromatic nitrogens is 2. The van der Waals surface area contributed by atoms with Gasteiger partial charge >= 0.3 is 0 Å². The van der Waals surface area contributed by atoms with Crippen LogP contribution < -0.4 is 0 Å². The van der Waals surface area contributed by atoms with Gasteiger partial charge in [-0.05, 0) is 25.7 Å². The minimum Gasteiger partial charge on any atom is -0.342 e. The highest BCUT2D eigenvalue weighted by Gasteiger charge is 2.31. The predicted octanol–water partition coefficient (Wildman–Crippen LogP) is 2.30. The van der Waals surface area contributed by atoms with E-state index < -0.39 is 0 Å². The van der Waals surface area contributed by atoms with E-state index in [0.717, 1.165) is 51.0 Å². The first-order valence-corrected chi connectivity index (χ1v) is 7.54. The molecule has 2 heterocycles. The molecule has 1 fully saturated rings. The molecule has 0 aromatic carbocycles. The summed E-state index contributed by atoms with van der Waals surface area (Å²) >= 11 is 0. The summed E-state index contributed by atoms with van der Waals surface area (Å²) in [6.07, 6.45) is 8.82. The third kappa shape index (κ3) is 2.62. The topological polar surface area (TPSA) is 59.2 Å². The number of nitrogens with zero attached hydrogens (tertiary/aromatic N) is 3. The minimum atomic E-state index is 0.158. The van der Waals surface area contributed by atoms with Gasteiger partial charge in [0.05, 0.1) is 0 Å². The van der Waals surface area contributed by atoms with Gasteiger partial charge in [0, 0.05) is 31.3 Å². The van der Waals surface area contributed by atoms with Crippen molar-refractivity contribution < 1.29 is 9.32 Å². The minimum absolute atomic E-state index is 0.158. The highest BCUT2D eigenvalue weighted by molar-refractivity contribution is 5.79. The number of hydrogen-bond donors (Lipinski definition) is 0. The van der Waals surface area contributed by atoms with Gasteiger partial charge in [0.1, 0.15) is 0 Å². The van der Waals surface area contributed by atoms with Gasteiger partial charge in [-0.2, -0.15) is 4.98 Å². The lowest BCUT2D eigenvalue weighted by Crippen LogP contribution is -2.42. The molecule has 1 aliphatic heterocycles. The van der Waals surface area contributed by atoms with Gasteiger partial charge in [-0.15, -0.1) is 0 Å². The molecule has 1 aromatic rings. The van der Waals surface area contributed by atoms with Crippen molar-refractivity contribution in [3.63, 3.8) is 0 Å². The van der Waals surface area contributed by atoms with Crippen molar-refractivity contribution in [2.45, 2.75) is 44.9 Å². The van der Waals surface area contributed by atoms with E-state index in [1.54, 1.807) is 0 Å². The standard InChI is InChI=1S/C15H21N3O2/c1-2-13-16-14(17-20-13)12-8-5-9-18(10-12)15(19)11-6-3-4-7-11/h3-4,11-12H,2,5-10H2,1H3/t12-/m1/s1. The Morgan fingerprint density at radius 1 is 1.45 bits per heavy atom. The van der Waals surface area contributed by atoms with Crippen LogP contribution in [0.3, 0.4) is 0 Å². The van der Waals surface area contributed by atoms with Crippen LogP contribution in [0.25, 0.3) is 0 Å². The van der Waals surface area contributed by atoms with Crippen LogP contribution in [-0.4, -0.2) is 34.0 Å². The normalized spacial score (nSPS) is 23.4. The molecule has 0 radical (unpaired) electrons. The Morgan fingerprint density at radius 3 is 2.95 bits per heavy atom. The first-order valence-electron chi connectivity index (χ1n) is 7.54. The van der Waals surface area contributed by atoms with E-state index in [1.807, 2.05) is 11.8 Å². The van der Waals surface area contributed by atoms with Crippen LogP contribution in [0.4, 0.5) is 0 Å². The lowest BCUT2D eigenvalue weighted by Gasteiger charge is -2.33. The monoisotopic (exact) mass is 275 g/mol. The van der Waals surface area contributed by atoms with E-state index in [-0.39, 0.29) is 11.8 Å². The first kappa shape index (κ1) is 13.3. The first-order chi connectivity index (χ1) is 9.78. The van der Waals surface area contributed by atoms with Gasteiger partial charge in [-0.3, -0.25) is 4.79 Å². The summed E-state index contributed by atoms with van der Waals surface area (Å²) in [5, 5.41) is 4.07. The quantitative estimate of drug-likeness (QED) is 0.794. The van der Waals surface area contributed by atoms with Crippen molar-refractivity contribution >= 4 is 5.91 Å². The van der Waals surface area contributed by atoms with Crippen molar-refractivity contribution in [2.75, 3.05) is 13.1 Å². The molecule has 0 bridgehead atoms. The molecule has 0 unspecified atom stereocenters. The summed E-state index contributed by atoms with van der Waals surface area (Å²) < 4.78 is 5.19. The zero-order chi connectivity index (χ0) is 13.9. The number of likely N-dealkylation sites (tertiary alicyclic amines) is 1. The summed E-state index contributed by atoms with van der Waals surface area (Å²) in [5.41, 5.74) is 0. The average Bonchev–Trinajstić information content (AvgIpc) is 3.17. The van der Waals surface area contributed by atoms with E-state index in [4.69, 9.17) is 4.52 Å². The van der Waals surface area contributed by atoms with Gasteiger partial charge in [-0.25, -0.2) is 0 Å². The molecule has 0 N–H and O–H groups in total. The summed E-state index contributed by atoms with van der Waals surface area (Å²) in [5.74, 6) is 2.13. The van der Waals surface area contributed by atoms with Gasteiger partial charge in [0.2, 0.25) is 11.8 Å². The van der Waals surface area contributed by atoms with E-state index in [1.165, 1.54) is 0 Å². The van der Waals surface area contributed by atoms with Gasteiger partial charge in [-0.1, -0.05) is 24.2 Å². The summed E-state index contributed by atoms with van der Waals surface area (Å²) in [6.45, 7) is 3.60. The number of aryl methyl sites for hydroxylation is 1. The molecule has 0 saturated carbocycles. The Balaban J connectivity index is 1.65. The average molecular weight is 275 g/mol. The Morgan fingerprint density at radius 2 is 2.25 bits per heavy atom. The van der Waals surface area contributed by atoms with Crippen LogP contribution in [0.15, 0.2) is 16.7 Å². The fraction of sp³-hybridized carbons (Fsp3) is 0.667. The van der Waals surface area contributed by atoms with Gasteiger partial charge in [0.25, 0.3) is 0 Å². The van der Waals surface area contributed by atoms with E-state index in [0.29, 0.717) is 11.8 Å². The zero-order valence-corrected chi connectivity index (χ0v) is 11.9. The highest BCUT2D eigenvalue weighted by Crippen LogP contribution is 2.28. The smallest absolute Gasteiger partial charge is 0.226 e. The maximum atomic E-state index is 12.5. The molecule has 3 rings (SSSR count). The Hall–Kier alpha value is -1.65. The summed E-state index contributed by atoms with van der Waals surface area (Å²) in [4.78, 5) is 18.9. The molecular weight excluding hydrogens is 254 g/mol. The van der Waals surface area contributed by atoms with E-state index in [9.17, 15) is 4.79 Å². The highest BCUT2D eigenvalue weighted by atomic mass is 16.5. The van der Waals surface area contributed by atoms with Crippen LogP contribution >= 0.6 is 0 Å². The Labute approximate surface area is 119 Å². The van der Waals surface area contributed by atoms with Crippen LogP contribution in [0.5, 0.6) is 0 Å². The molecule has 1 amide bonds. The largest absolute Gasteiger partial charge is 0.342 e. The molecule has 0 spiro atoms. The lowest BCUT2D eigenvalue weighted by molar-refractivity contribution is -0.136. The second kappa shape index (κ2) is 5.77. The molecule has 1 atom stereocenters. The van der Waals surface area contributed by atoms with Crippen LogP contribution in [0.2, 0.25) is 0 Å². The number of amides is 1. The van der Waals surface area contributed by atoms with Crippen LogP contribution in [0.1, 0.15) is 50.2 Å². The SMILES string of the molecule is CCc1nc([C@@H]2CCCN(C(=O)C3CC=CC3)C2)no1. The zero-order valence-electron chi connectivity index (χ0n) is 11.9. The molecule has 1 aromatic heterocycles. The number of rotatable bonds is 3. The molecule has 2 aliphatic rings. The molecule has 1 saturated heterocycles. The number of hydrogen-bond acceptors (Lipinski definition) is 4. The van der Waals surface area contributed by atoms with Crippen molar-refractivity contribution in [1.29, 1.82) is 0 Å². The van der Waals surface area contributed by atoms with E-state index in [2.05, 4.69) is 22.3 Å². The maximum Gasteiger partial charge on any atom is 0.226 e. The number of carbonyl (C=O) groups excluding carboxylic acids is 1. The van der Waals surface area contributed by atoms with Crippen LogP contribution in [-0.2, 0) is 11.2 Å². The Kier molecular flexibility index (Phi) is 3.85. The maximum absolute atomic E-state index is 12.5. The predicted molar refractivity (Wildman–Crippen MR) is 74.1 cm³/mol. The molecule has 5 nitrogen and oxygen atoms in total. The third-order valence-corrected chi connectivity index (χ3v) is 4.24. The molecule has 20 heavy (non-hydrogen) atoms. The van der Waals surface area contributed by atoms with Crippen LogP contribution in [0, 0.1) is 5.92 Å². The second-order valence-electron chi connectivity index (χ2n) is 5.66. The molecule has 1 aliphatic carbocycles. The lowest BCUT2D eigenvalue weighted by atomic mass is 9.95. The molecule has 5 heteroatoms. The number of allylic oxidation sites excluding steroid dienone is 2. The van der Waals surface area contributed by atoms with Crippen molar-refractivity contribution in [2.24, 2.45) is 5.92 Å². The number of carbonyl (C=O) groups is 1. The van der Waals surface area contributed by atoms with Gasteiger partial charge < -0.3 is 9.42 Å². The van der Waals surface area contributed by atoms with Crippen molar-refractivity contribution in [3.8, 4) is 0 Å². The molecular formula is C15H21N3O2. The molecule has 108 valence electrons. The van der Waals surface area contributed by atoms with Crippen molar-refractivity contribution in [3.05, 3.63) is 23.9 Å². The Bertz CT molecular complexity index is 501. The van der Waals surface area contributed by atoms with Gasteiger partial charge in [0.15, 0.2) is 5.82 Å². The summed E-state index contributed by atoms with van der Waals surface area (Å²) in [7, 11) is 0. The second-order valence-corrected chi connectivity index (χ2v) is 5.66. The summed E-state index contributed by atoms with van der Waals surface area (Å²) in [6, 6.07) is 0.